The molecular weight excluding hydrogens is 224 g/mol. The van der Waals surface area contributed by atoms with Crippen molar-refractivity contribution in [2.75, 3.05) is 32.8 Å². The summed E-state index contributed by atoms with van der Waals surface area (Å²) in [5.74, 6) is 1.76. The van der Waals surface area contributed by atoms with Gasteiger partial charge in [0.25, 0.3) is 0 Å². The first kappa shape index (κ1) is 12.0. The van der Waals surface area contributed by atoms with Gasteiger partial charge in [-0.2, -0.15) is 0 Å². The molecule has 3 rings (SSSR count). The molecule has 98 valence electrons. The molecule has 3 nitrogen and oxygen atoms in total. The van der Waals surface area contributed by atoms with Crippen LogP contribution in [0.2, 0.25) is 0 Å². The topological polar surface area (TPSA) is 24.5 Å². The van der Waals surface area contributed by atoms with Crippen molar-refractivity contribution in [1.29, 1.82) is 0 Å². The van der Waals surface area contributed by atoms with Crippen molar-refractivity contribution < 1.29 is 4.74 Å². The minimum absolute atomic E-state index is 0.721. The standard InChI is InChI=1S/C15H22N2O/c1-2-17-9-12(10-17)11-18-15-4-3-13-5-6-16-8-14(13)7-15/h3-4,7,12,16H,2,5-6,8-11H2,1H3. The first-order valence-corrected chi connectivity index (χ1v) is 7.03. The third-order valence-electron chi connectivity index (χ3n) is 4.03. The Morgan fingerprint density at radius 2 is 2.22 bits per heavy atom. The molecule has 0 aromatic heterocycles. The molecular formula is C15H22N2O. The summed E-state index contributed by atoms with van der Waals surface area (Å²) < 4.78 is 5.91. The van der Waals surface area contributed by atoms with E-state index in [9.17, 15) is 0 Å². The van der Waals surface area contributed by atoms with Crippen LogP contribution in [0.5, 0.6) is 5.75 Å². The highest BCUT2D eigenvalue weighted by molar-refractivity contribution is 5.37. The number of hydrogen-bond donors (Lipinski definition) is 1. The van der Waals surface area contributed by atoms with Crippen molar-refractivity contribution in [3.05, 3.63) is 29.3 Å². The highest BCUT2D eigenvalue weighted by Gasteiger charge is 2.25. The minimum atomic E-state index is 0.721. The zero-order valence-corrected chi connectivity index (χ0v) is 11.1. The molecule has 1 saturated heterocycles. The molecule has 0 saturated carbocycles. The summed E-state index contributed by atoms with van der Waals surface area (Å²) in [5, 5.41) is 3.41. The molecule has 0 spiro atoms. The van der Waals surface area contributed by atoms with Gasteiger partial charge in [-0.25, -0.2) is 0 Å². The quantitative estimate of drug-likeness (QED) is 0.874. The number of ether oxygens (including phenoxy) is 1. The molecule has 2 aliphatic rings. The zero-order valence-electron chi connectivity index (χ0n) is 11.1. The number of rotatable bonds is 4. The van der Waals surface area contributed by atoms with E-state index in [0.29, 0.717) is 0 Å². The molecule has 18 heavy (non-hydrogen) atoms. The molecule has 1 aromatic rings. The molecule has 0 aliphatic carbocycles. The van der Waals surface area contributed by atoms with E-state index in [2.05, 4.69) is 35.3 Å². The van der Waals surface area contributed by atoms with Crippen molar-refractivity contribution >= 4 is 0 Å². The molecule has 1 N–H and O–H groups in total. The molecule has 0 amide bonds. The average molecular weight is 246 g/mol. The normalized spacial score (nSPS) is 20.3. The van der Waals surface area contributed by atoms with Crippen molar-refractivity contribution in [3.63, 3.8) is 0 Å². The Morgan fingerprint density at radius 1 is 1.33 bits per heavy atom. The smallest absolute Gasteiger partial charge is 0.119 e. The molecule has 0 radical (unpaired) electrons. The van der Waals surface area contributed by atoms with Crippen LogP contribution in [-0.2, 0) is 13.0 Å². The van der Waals surface area contributed by atoms with Gasteiger partial charge < -0.3 is 15.0 Å². The number of fused-ring (bicyclic) bond motifs is 1. The lowest BCUT2D eigenvalue weighted by Crippen LogP contribution is -2.48. The highest BCUT2D eigenvalue weighted by atomic mass is 16.5. The molecule has 0 bridgehead atoms. The zero-order chi connectivity index (χ0) is 12.4. The number of nitrogens with one attached hydrogen (secondary N) is 1. The lowest BCUT2D eigenvalue weighted by atomic mass is 10.0. The lowest BCUT2D eigenvalue weighted by molar-refractivity contribution is 0.0671. The van der Waals surface area contributed by atoms with Gasteiger partial charge in [0, 0.05) is 25.6 Å². The van der Waals surface area contributed by atoms with Gasteiger partial charge in [-0.1, -0.05) is 13.0 Å². The Labute approximate surface area is 109 Å². The Balaban J connectivity index is 1.54. The number of benzene rings is 1. The molecule has 1 fully saturated rings. The Hall–Kier alpha value is -1.06. The van der Waals surface area contributed by atoms with E-state index in [1.165, 1.54) is 30.8 Å². The fourth-order valence-electron chi connectivity index (χ4n) is 2.80. The maximum absolute atomic E-state index is 5.91. The van der Waals surface area contributed by atoms with Crippen molar-refractivity contribution in [2.45, 2.75) is 19.9 Å². The number of hydrogen-bond acceptors (Lipinski definition) is 3. The largest absolute Gasteiger partial charge is 0.493 e. The maximum atomic E-state index is 5.91. The van der Waals surface area contributed by atoms with Crippen LogP contribution in [0.3, 0.4) is 0 Å². The predicted octanol–water partition coefficient (Wildman–Crippen LogP) is 1.66. The van der Waals surface area contributed by atoms with E-state index in [4.69, 9.17) is 4.74 Å². The van der Waals surface area contributed by atoms with Crippen LogP contribution >= 0.6 is 0 Å². The van der Waals surface area contributed by atoms with Crippen molar-refractivity contribution in [3.8, 4) is 5.75 Å². The second kappa shape index (κ2) is 5.29. The predicted molar refractivity (Wildman–Crippen MR) is 73.0 cm³/mol. The van der Waals surface area contributed by atoms with Crippen LogP contribution in [0.4, 0.5) is 0 Å². The summed E-state index contributed by atoms with van der Waals surface area (Å²) in [6.45, 7) is 8.73. The minimum Gasteiger partial charge on any atom is -0.493 e. The summed E-state index contributed by atoms with van der Waals surface area (Å²) >= 11 is 0. The lowest BCUT2D eigenvalue weighted by Gasteiger charge is -2.38. The van der Waals surface area contributed by atoms with Gasteiger partial charge in [-0.05, 0) is 42.8 Å². The van der Waals surface area contributed by atoms with Gasteiger partial charge in [0.1, 0.15) is 5.75 Å². The van der Waals surface area contributed by atoms with E-state index in [0.717, 1.165) is 37.8 Å². The van der Waals surface area contributed by atoms with Gasteiger partial charge in [-0.3, -0.25) is 0 Å². The maximum Gasteiger partial charge on any atom is 0.119 e. The van der Waals surface area contributed by atoms with Crippen molar-refractivity contribution in [1.82, 2.24) is 10.2 Å². The van der Waals surface area contributed by atoms with E-state index < -0.39 is 0 Å². The van der Waals surface area contributed by atoms with Gasteiger partial charge in [0.2, 0.25) is 0 Å². The Morgan fingerprint density at radius 3 is 3.06 bits per heavy atom. The third kappa shape index (κ3) is 2.52. The third-order valence-corrected chi connectivity index (χ3v) is 4.03. The summed E-state index contributed by atoms with van der Waals surface area (Å²) in [6.07, 6.45) is 1.14. The summed E-state index contributed by atoms with van der Waals surface area (Å²) in [4.78, 5) is 2.45. The number of nitrogens with zero attached hydrogens (tertiary/aromatic N) is 1. The van der Waals surface area contributed by atoms with Crippen LogP contribution < -0.4 is 10.1 Å². The van der Waals surface area contributed by atoms with Gasteiger partial charge in [-0.15, -0.1) is 0 Å². The summed E-state index contributed by atoms with van der Waals surface area (Å²) in [6, 6.07) is 6.56. The van der Waals surface area contributed by atoms with Crippen LogP contribution in [0.25, 0.3) is 0 Å². The van der Waals surface area contributed by atoms with E-state index in [1.54, 1.807) is 0 Å². The first-order chi connectivity index (χ1) is 8.85. The molecule has 1 aromatic carbocycles. The van der Waals surface area contributed by atoms with E-state index >= 15 is 0 Å². The van der Waals surface area contributed by atoms with E-state index in [-0.39, 0.29) is 0 Å². The second-order valence-electron chi connectivity index (χ2n) is 5.39. The number of likely N-dealkylation sites (tertiary alicyclic amines) is 1. The van der Waals surface area contributed by atoms with E-state index in [1.807, 2.05) is 0 Å². The van der Waals surface area contributed by atoms with Crippen LogP contribution in [0, 0.1) is 5.92 Å². The first-order valence-electron chi connectivity index (χ1n) is 7.03. The van der Waals surface area contributed by atoms with Gasteiger partial charge >= 0.3 is 0 Å². The molecule has 2 aliphatic heterocycles. The highest BCUT2D eigenvalue weighted by Crippen LogP contribution is 2.22. The fourth-order valence-corrected chi connectivity index (χ4v) is 2.80. The van der Waals surface area contributed by atoms with Gasteiger partial charge in [0.15, 0.2) is 0 Å². The second-order valence-corrected chi connectivity index (χ2v) is 5.39. The monoisotopic (exact) mass is 246 g/mol. The fraction of sp³-hybridized carbons (Fsp3) is 0.600. The SMILES string of the molecule is CCN1CC(COc2ccc3c(c2)CNCC3)C1. The molecule has 3 heteroatoms. The average Bonchev–Trinajstić information content (AvgIpc) is 2.37. The van der Waals surface area contributed by atoms with Crippen molar-refractivity contribution in [2.24, 2.45) is 5.92 Å². The van der Waals surface area contributed by atoms with Crippen LogP contribution in [0.1, 0.15) is 18.1 Å². The van der Waals surface area contributed by atoms with Gasteiger partial charge in [0.05, 0.1) is 6.61 Å². The molecule has 0 unspecified atom stereocenters. The molecule has 2 heterocycles. The Kier molecular flexibility index (Phi) is 3.52. The summed E-state index contributed by atoms with van der Waals surface area (Å²) in [7, 11) is 0. The summed E-state index contributed by atoms with van der Waals surface area (Å²) in [5.41, 5.74) is 2.88. The van der Waals surface area contributed by atoms with Crippen LogP contribution in [0.15, 0.2) is 18.2 Å². The Bertz CT molecular complexity index is 413. The van der Waals surface area contributed by atoms with Crippen LogP contribution in [-0.4, -0.2) is 37.7 Å². The molecule has 0 atom stereocenters.